The molecular weight excluding hydrogens is 326 g/mol. The van der Waals surface area contributed by atoms with E-state index in [1.54, 1.807) is 6.07 Å². The molecule has 108 valence electrons. The number of non-ortho nitro benzene ring substituents is 1. The van der Waals surface area contributed by atoms with E-state index in [-0.39, 0.29) is 11.7 Å². The number of nitriles is 1. The third kappa shape index (κ3) is 5.15. The normalized spacial score (nSPS) is 11.7. The van der Waals surface area contributed by atoms with Crippen LogP contribution in [0.5, 0.6) is 5.75 Å². The van der Waals surface area contributed by atoms with Crippen molar-refractivity contribution in [1.82, 2.24) is 5.32 Å². The first-order valence-corrected chi connectivity index (χ1v) is 7.07. The summed E-state index contributed by atoms with van der Waals surface area (Å²) >= 11 is 3.28. The lowest BCUT2D eigenvalue weighted by atomic mass is 10.2. The van der Waals surface area contributed by atoms with Gasteiger partial charge in [0.25, 0.3) is 5.69 Å². The lowest BCUT2D eigenvalue weighted by Gasteiger charge is -2.12. The van der Waals surface area contributed by atoms with Gasteiger partial charge in [-0.05, 0) is 35.0 Å². The van der Waals surface area contributed by atoms with Crippen LogP contribution in [0.15, 0.2) is 22.7 Å². The molecule has 0 amide bonds. The number of nitro groups is 1. The van der Waals surface area contributed by atoms with E-state index >= 15 is 0 Å². The number of hydrogen-bond donors (Lipinski definition) is 1. The second kappa shape index (κ2) is 8.51. The highest BCUT2D eigenvalue weighted by atomic mass is 79.9. The highest BCUT2D eigenvalue weighted by Gasteiger charge is 2.11. The summed E-state index contributed by atoms with van der Waals surface area (Å²) in [5, 5.41) is 22.7. The summed E-state index contributed by atoms with van der Waals surface area (Å²) in [6, 6.07) is 6.23. The van der Waals surface area contributed by atoms with E-state index in [0.717, 1.165) is 13.0 Å². The van der Waals surface area contributed by atoms with Crippen LogP contribution in [0.3, 0.4) is 0 Å². The molecule has 0 aliphatic carbocycles. The first kappa shape index (κ1) is 16.4. The quantitative estimate of drug-likeness (QED) is 0.579. The minimum absolute atomic E-state index is 0.0239. The van der Waals surface area contributed by atoms with Crippen LogP contribution >= 0.6 is 15.9 Å². The second-order valence-corrected chi connectivity index (χ2v) is 5.00. The maximum absolute atomic E-state index is 10.7. The van der Waals surface area contributed by atoms with Crippen molar-refractivity contribution < 1.29 is 9.66 Å². The Morgan fingerprint density at radius 2 is 2.35 bits per heavy atom. The topological polar surface area (TPSA) is 88.2 Å². The Hall–Kier alpha value is -1.65. The standard InChI is InChI=1S/C13H16BrN3O3/c1-2-6-16-10(9-15)5-7-20-13-8-11(17(18)19)3-4-12(13)14/h3-4,8,10,16H,2,5-7H2,1H3. The molecule has 0 saturated heterocycles. The number of nitrogens with zero attached hydrogens (tertiary/aromatic N) is 2. The maximum Gasteiger partial charge on any atom is 0.273 e. The monoisotopic (exact) mass is 341 g/mol. The van der Waals surface area contributed by atoms with Crippen molar-refractivity contribution in [3.8, 4) is 11.8 Å². The molecule has 1 aromatic rings. The Morgan fingerprint density at radius 3 is 2.95 bits per heavy atom. The van der Waals surface area contributed by atoms with E-state index in [0.29, 0.717) is 23.2 Å². The second-order valence-electron chi connectivity index (χ2n) is 4.14. The predicted molar refractivity (Wildman–Crippen MR) is 78.6 cm³/mol. The molecular formula is C13H16BrN3O3. The third-order valence-corrected chi connectivity index (χ3v) is 3.24. The number of halogens is 1. The van der Waals surface area contributed by atoms with E-state index in [1.807, 2.05) is 6.92 Å². The number of nitro benzene ring substituents is 1. The van der Waals surface area contributed by atoms with E-state index in [4.69, 9.17) is 10.00 Å². The van der Waals surface area contributed by atoms with Gasteiger partial charge in [-0.1, -0.05) is 6.92 Å². The highest BCUT2D eigenvalue weighted by Crippen LogP contribution is 2.29. The Kier molecular flexibility index (Phi) is 6.98. The van der Waals surface area contributed by atoms with Gasteiger partial charge in [-0.2, -0.15) is 5.26 Å². The van der Waals surface area contributed by atoms with Gasteiger partial charge in [0.1, 0.15) is 5.75 Å². The minimum Gasteiger partial charge on any atom is -0.492 e. The van der Waals surface area contributed by atoms with Gasteiger partial charge in [-0.25, -0.2) is 0 Å². The largest absolute Gasteiger partial charge is 0.492 e. The van der Waals surface area contributed by atoms with Crippen molar-refractivity contribution in [1.29, 1.82) is 5.26 Å². The summed E-state index contributed by atoms with van der Waals surface area (Å²) < 4.78 is 6.15. The third-order valence-electron chi connectivity index (χ3n) is 2.59. The molecule has 1 atom stereocenters. The van der Waals surface area contributed by atoms with Gasteiger partial charge < -0.3 is 10.1 Å². The smallest absolute Gasteiger partial charge is 0.273 e. The van der Waals surface area contributed by atoms with Crippen molar-refractivity contribution in [3.05, 3.63) is 32.8 Å². The van der Waals surface area contributed by atoms with E-state index < -0.39 is 4.92 Å². The van der Waals surface area contributed by atoms with Gasteiger partial charge in [0.2, 0.25) is 0 Å². The van der Waals surface area contributed by atoms with Crippen molar-refractivity contribution in [2.24, 2.45) is 0 Å². The molecule has 0 saturated carbocycles. The van der Waals surface area contributed by atoms with Gasteiger partial charge in [-0.3, -0.25) is 10.1 Å². The molecule has 0 heterocycles. The molecule has 1 unspecified atom stereocenters. The van der Waals surface area contributed by atoms with E-state index in [9.17, 15) is 10.1 Å². The first-order valence-electron chi connectivity index (χ1n) is 6.28. The number of nitrogens with one attached hydrogen (secondary N) is 1. The van der Waals surface area contributed by atoms with Gasteiger partial charge in [-0.15, -0.1) is 0 Å². The van der Waals surface area contributed by atoms with Crippen molar-refractivity contribution in [2.75, 3.05) is 13.2 Å². The Bertz CT molecular complexity index is 502. The minimum atomic E-state index is -0.472. The molecule has 20 heavy (non-hydrogen) atoms. The first-order chi connectivity index (χ1) is 9.58. The van der Waals surface area contributed by atoms with Gasteiger partial charge >= 0.3 is 0 Å². The predicted octanol–water partition coefficient (Wildman–Crippen LogP) is 3.02. The van der Waals surface area contributed by atoms with Crippen LogP contribution in [0, 0.1) is 21.4 Å². The Morgan fingerprint density at radius 1 is 1.60 bits per heavy atom. The number of ether oxygens (including phenoxy) is 1. The fraction of sp³-hybridized carbons (Fsp3) is 0.462. The molecule has 0 radical (unpaired) electrons. The SMILES string of the molecule is CCCNC(C#N)CCOc1cc([N+](=O)[O-])ccc1Br. The van der Waals surface area contributed by atoms with Crippen LogP contribution in [-0.2, 0) is 0 Å². The van der Waals surface area contributed by atoms with Crippen molar-refractivity contribution in [3.63, 3.8) is 0 Å². The number of rotatable bonds is 8. The van der Waals surface area contributed by atoms with E-state index in [2.05, 4.69) is 27.3 Å². The fourth-order valence-corrected chi connectivity index (χ4v) is 1.89. The summed E-state index contributed by atoms with van der Waals surface area (Å²) in [5.41, 5.74) is -0.0239. The molecule has 0 aliphatic heterocycles. The highest BCUT2D eigenvalue weighted by molar-refractivity contribution is 9.10. The van der Waals surface area contributed by atoms with Crippen LogP contribution < -0.4 is 10.1 Å². The summed E-state index contributed by atoms with van der Waals surface area (Å²) in [5.74, 6) is 0.409. The molecule has 0 fully saturated rings. The zero-order valence-corrected chi connectivity index (χ0v) is 12.7. The van der Waals surface area contributed by atoms with Crippen LogP contribution in [0.1, 0.15) is 19.8 Å². The van der Waals surface area contributed by atoms with Crippen molar-refractivity contribution >= 4 is 21.6 Å². The Labute approximate surface area is 126 Å². The lowest BCUT2D eigenvalue weighted by Crippen LogP contribution is -2.29. The molecule has 1 rings (SSSR count). The molecule has 0 aliphatic rings. The molecule has 7 heteroatoms. The van der Waals surface area contributed by atoms with Gasteiger partial charge in [0, 0.05) is 12.5 Å². The van der Waals surface area contributed by atoms with Crippen LogP contribution in [0.4, 0.5) is 5.69 Å². The molecule has 6 nitrogen and oxygen atoms in total. The van der Waals surface area contributed by atoms with Crippen LogP contribution in [0.25, 0.3) is 0 Å². The molecule has 0 spiro atoms. The van der Waals surface area contributed by atoms with Gasteiger partial charge in [0.05, 0.1) is 34.2 Å². The summed E-state index contributed by atoms with van der Waals surface area (Å²) in [6.07, 6.45) is 1.47. The zero-order chi connectivity index (χ0) is 15.0. The molecule has 1 N–H and O–H groups in total. The van der Waals surface area contributed by atoms with Gasteiger partial charge in [0.15, 0.2) is 0 Å². The maximum atomic E-state index is 10.7. The Balaban J connectivity index is 2.55. The average Bonchev–Trinajstić information content (AvgIpc) is 2.44. The number of benzene rings is 1. The average molecular weight is 342 g/mol. The van der Waals surface area contributed by atoms with Crippen LogP contribution in [-0.4, -0.2) is 24.1 Å². The van der Waals surface area contributed by atoms with E-state index in [1.165, 1.54) is 12.1 Å². The zero-order valence-electron chi connectivity index (χ0n) is 11.1. The molecule has 0 bridgehead atoms. The summed E-state index contributed by atoms with van der Waals surface area (Å²) in [7, 11) is 0. The number of hydrogen-bond acceptors (Lipinski definition) is 5. The summed E-state index contributed by atoms with van der Waals surface area (Å²) in [4.78, 5) is 10.2. The molecule has 1 aromatic carbocycles. The fourth-order valence-electron chi connectivity index (χ4n) is 1.53. The molecule has 0 aromatic heterocycles. The van der Waals surface area contributed by atoms with Crippen LogP contribution in [0.2, 0.25) is 0 Å². The summed E-state index contributed by atoms with van der Waals surface area (Å²) in [6.45, 7) is 3.12. The lowest BCUT2D eigenvalue weighted by molar-refractivity contribution is -0.385. The van der Waals surface area contributed by atoms with Crippen molar-refractivity contribution in [2.45, 2.75) is 25.8 Å².